The van der Waals surface area contributed by atoms with E-state index >= 15 is 0 Å². The highest BCUT2D eigenvalue weighted by atomic mass is 16.5. The van der Waals surface area contributed by atoms with Crippen LogP contribution in [0.2, 0.25) is 0 Å². The first-order chi connectivity index (χ1) is 7.95. The number of ether oxygens (including phenoxy) is 1. The average Bonchev–Trinajstić information content (AvgIpc) is 2.28. The SMILES string of the molecule is CCOC(=O)c1cc(C(C)=O)nc(C(C)=O)c1. The van der Waals surface area contributed by atoms with Gasteiger partial charge in [0.25, 0.3) is 0 Å². The number of Topliss-reactive ketones (excluding diaryl/α,β-unsaturated/α-hetero) is 2. The standard InChI is InChI=1S/C12H13NO4/c1-4-17-12(16)9-5-10(7(2)14)13-11(6-9)8(3)15/h5-6H,4H2,1-3H3. The van der Waals surface area contributed by atoms with Gasteiger partial charge in [-0.25, -0.2) is 9.78 Å². The van der Waals surface area contributed by atoms with Crippen LogP contribution in [0.5, 0.6) is 0 Å². The van der Waals surface area contributed by atoms with Crippen molar-refractivity contribution in [1.29, 1.82) is 0 Å². The predicted molar refractivity (Wildman–Crippen MR) is 60.2 cm³/mol. The van der Waals surface area contributed by atoms with Gasteiger partial charge in [0, 0.05) is 13.8 Å². The number of pyridine rings is 1. The molecule has 0 saturated carbocycles. The summed E-state index contributed by atoms with van der Waals surface area (Å²) in [5.74, 6) is -1.18. The van der Waals surface area contributed by atoms with Gasteiger partial charge < -0.3 is 4.74 Å². The lowest BCUT2D eigenvalue weighted by Crippen LogP contribution is -2.11. The van der Waals surface area contributed by atoms with Crippen LogP contribution in [-0.4, -0.2) is 29.1 Å². The van der Waals surface area contributed by atoms with E-state index in [-0.39, 0.29) is 35.1 Å². The molecule has 0 saturated heterocycles. The fraction of sp³-hybridized carbons (Fsp3) is 0.333. The number of nitrogens with zero attached hydrogens (tertiary/aromatic N) is 1. The van der Waals surface area contributed by atoms with Crippen molar-refractivity contribution in [2.75, 3.05) is 6.61 Å². The molecule has 1 heterocycles. The maximum Gasteiger partial charge on any atom is 0.338 e. The summed E-state index contributed by atoms with van der Waals surface area (Å²) in [7, 11) is 0. The van der Waals surface area contributed by atoms with Gasteiger partial charge in [0.15, 0.2) is 11.6 Å². The zero-order valence-electron chi connectivity index (χ0n) is 9.94. The van der Waals surface area contributed by atoms with Gasteiger partial charge in [-0.2, -0.15) is 0 Å². The number of esters is 1. The largest absolute Gasteiger partial charge is 0.462 e. The Morgan fingerprint density at radius 2 is 1.59 bits per heavy atom. The van der Waals surface area contributed by atoms with Crippen LogP contribution < -0.4 is 0 Å². The molecule has 0 aliphatic carbocycles. The summed E-state index contributed by atoms with van der Waals surface area (Å²) in [5.41, 5.74) is 0.332. The number of hydrogen-bond donors (Lipinski definition) is 0. The van der Waals surface area contributed by atoms with E-state index in [1.165, 1.54) is 26.0 Å². The van der Waals surface area contributed by atoms with Crippen LogP contribution in [0, 0.1) is 0 Å². The van der Waals surface area contributed by atoms with Crippen molar-refractivity contribution in [2.45, 2.75) is 20.8 Å². The van der Waals surface area contributed by atoms with Gasteiger partial charge in [0.05, 0.1) is 12.2 Å². The molecule has 0 aliphatic heterocycles. The maximum absolute atomic E-state index is 11.5. The van der Waals surface area contributed by atoms with Crippen molar-refractivity contribution in [3.05, 3.63) is 29.1 Å². The summed E-state index contributed by atoms with van der Waals surface area (Å²) >= 11 is 0. The molecule has 0 amide bonds. The number of ketones is 2. The average molecular weight is 235 g/mol. The van der Waals surface area contributed by atoms with Crippen molar-refractivity contribution in [2.24, 2.45) is 0 Å². The van der Waals surface area contributed by atoms with Gasteiger partial charge in [-0.1, -0.05) is 0 Å². The van der Waals surface area contributed by atoms with Crippen LogP contribution in [0.4, 0.5) is 0 Å². The Balaban J connectivity index is 3.26. The van der Waals surface area contributed by atoms with Crippen LogP contribution in [0.3, 0.4) is 0 Å². The number of carbonyl (C=O) groups excluding carboxylic acids is 3. The Bertz CT molecular complexity index is 447. The molecule has 0 aromatic carbocycles. The quantitative estimate of drug-likeness (QED) is 0.586. The molecular formula is C12H13NO4. The molecule has 5 nitrogen and oxygen atoms in total. The lowest BCUT2D eigenvalue weighted by molar-refractivity contribution is 0.0526. The summed E-state index contributed by atoms with van der Waals surface area (Å²) in [4.78, 5) is 37.8. The molecule has 0 spiro atoms. The van der Waals surface area contributed by atoms with Gasteiger partial charge in [0.1, 0.15) is 11.4 Å². The zero-order valence-corrected chi connectivity index (χ0v) is 9.94. The Morgan fingerprint density at radius 3 is 1.94 bits per heavy atom. The number of carbonyl (C=O) groups is 3. The highest BCUT2D eigenvalue weighted by Crippen LogP contribution is 2.09. The molecule has 1 aromatic rings. The minimum absolute atomic E-state index is 0.0840. The van der Waals surface area contributed by atoms with E-state index in [0.29, 0.717) is 0 Å². The fourth-order valence-corrected chi connectivity index (χ4v) is 1.22. The van der Waals surface area contributed by atoms with Crippen LogP contribution >= 0.6 is 0 Å². The first-order valence-electron chi connectivity index (χ1n) is 5.16. The van der Waals surface area contributed by atoms with Gasteiger partial charge in [0.2, 0.25) is 0 Å². The monoisotopic (exact) mass is 235 g/mol. The third-order valence-corrected chi connectivity index (χ3v) is 2.06. The van der Waals surface area contributed by atoms with Crippen molar-refractivity contribution in [3.63, 3.8) is 0 Å². The van der Waals surface area contributed by atoms with Crippen LogP contribution in [0.25, 0.3) is 0 Å². The molecule has 0 fully saturated rings. The molecule has 1 rings (SSSR count). The van der Waals surface area contributed by atoms with Crippen molar-refractivity contribution >= 4 is 17.5 Å². The lowest BCUT2D eigenvalue weighted by Gasteiger charge is -2.05. The molecule has 0 N–H and O–H groups in total. The second-order valence-corrected chi connectivity index (χ2v) is 3.46. The highest BCUT2D eigenvalue weighted by molar-refractivity contribution is 6.00. The van der Waals surface area contributed by atoms with Gasteiger partial charge >= 0.3 is 5.97 Å². The van der Waals surface area contributed by atoms with Gasteiger partial charge in [-0.05, 0) is 19.1 Å². The Kier molecular flexibility index (Phi) is 4.09. The number of aromatic nitrogens is 1. The fourth-order valence-electron chi connectivity index (χ4n) is 1.22. The topological polar surface area (TPSA) is 73.3 Å². The second-order valence-electron chi connectivity index (χ2n) is 3.46. The van der Waals surface area contributed by atoms with Crippen LogP contribution in [0.1, 0.15) is 52.1 Å². The zero-order chi connectivity index (χ0) is 13.0. The summed E-state index contributed by atoms with van der Waals surface area (Å²) in [6.45, 7) is 4.55. The molecule has 90 valence electrons. The van der Waals surface area contributed by atoms with E-state index in [1.807, 2.05) is 0 Å². The molecule has 0 radical (unpaired) electrons. The smallest absolute Gasteiger partial charge is 0.338 e. The Morgan fingerprint density at radius 1 is 1.12 bits per heavy atom. The minimum atomic E-state index is -0.570. The summed E-state index contributed by atoms with van der Waals surface area (Å²) in [5, 5.41) is 0. The second kappa shape index (κ2) is 5.34. The van der Waals surface area contributed by atoms with Crippen LogP contribution in [-0.2, 0) is 4.74 Å². The molecule has 0 atom stereocenters. The van der Waals surface area contributed by atoms with Crippen molar-refractivity contribution in [1.82, 2.24) is 4.98 Å². The third kappa shape index (κ3) is 3.21. The van der Waals surface area contributed by atoms with Crippen molar-refractivity contribution in [3.8, 4) is 0 Å². The van der Waals surface area contributed by atoms with E-state index < -0.39 is 5.97 Å². The first kappa shape index (κ1) is 13.0. The van der Waals surface area contributed by atoms with E-state index in [0.717, 1.165) is 0 Å². The molecule has 5 heteroatoms. The lowest BCUT2D eigenvalue weighted by atomic mass is 10.1. The van der Waals surface area contributed by atoms with E-state index in [1.54, 1.807) is 6.92 Å². The molecular weight excluding hydrogens is 222 g/mol. The molecule has 0 unspecified atom stereocenters. The molecule has 0 aliphatic rings. The van der Waals surface area contributed by atoms with Crippen molar-refractivity contribution < 1.29 is 19.1 Å². The van der Waals surface area contributed by atoms with Gasteiger partial charge in [-0.15, -0.1) is 0 Å². The molecule has 17 heavy (non-hydrogen) atoms. The number of rotatable bonds is 4. The van der Waals surface area contributed by atoms with E-state index in [9.17, 15) is 14.4 Å². The predicted octanol–water partition coefficient (Wildman–Crippen LogP) is 1.66. The third-order valence-electron chi connectivity index (χ3n) is 2.06. The van der Waals surface area contributed by atoms with E-state index in [4.69, 9.17) is 4.74 Å². The molecule has 1 aromatic heterocycles. The maximum atomic E-state index is 11.5. The van der Waals surface area contributed by atoms with E-state index in [2.05, 4.69) is 4.98 Å². The van der Waals surface area contributed by atoms with Crippen LogP contribution in [0.15, 0.2) is 12.1 Å². The summed E-state index contributed by atoms with van der Waals surface area (Å²) < 4.78 is 4.81. The minimum Gasteiger partial charge on any atom is -0.462 e. The summed E-state index contributed by atoms with van der Waals surface area (Å²) in [6, 6.07) is 2.65. The Labute approximate surface area is 98.8 Å². The Hall–Kier alpha value is -2.04. The first-order valence-corrected chi connectivity index (χ1v) is 5.16. The highest BCUT2D eigenvalue weighted by Gasteiger charge is 2.14. The summed E-state index contributed by atoms with van der Waals surface area (Å²) in [6.07, 6.45) is 0. The number of hydrogen-bond acceptors (Lipinski definition) is 5. The van der Waals surface area contributed by atoms with Gasteiger partial charge in [-0.3, -0.25) is 9.59 Å². The molecule has 0 bridgehead atoms. The normalized spacial score (nSPS) is 9.82.